The summed E-state index contributed by atoms with van der Waals surface area (Å²) >= 11 is 3.48. The van der Waals surface area contributed by atoms with E-state index >= 15 is 0 Å². The Bertz CT molecular complexity index is 3740. The van der Waals surface area contributed by atoms with Gasteiger partial charge in [0, 0.05) is 24.0 Å². The van der Waals surface area contributed by atoms with Gasteiger partial charge in [0.25, 0.3) is 0 Å². The Morgan fingerprint density at radius 1 is 0.290 bits per heavy atom. The SMILES string of the molecule is c1ccc(-c2ccc3nc(-c4cc(-c5ccc(-c6ccc7c(c6)Cc6ccccc6Oc6ccccc6Cc6ccccc6-7)cc5)cc(-c5nc6ccc(-c7ccccc7)cc6s5)c4)sc3c2)cc1. The molecule has 0 saturated carbocycles. The fraction of sp³-hybridized carbons (Fsp3) is 0.0312. The summed E-state index contributed by atoms with van der Waals surface area (Å²) in [6, 6.07) is 83.0. The Morgan fingerprint density at radius 3 is 1.28 bits per heavy atom. The van der Waals surface area contributed by atoms with Crippen LogP contribution in [0.5, 0.6) is 11.5 Å². The van der Waals surface area contributed by atoms with Gasteiger partial charge in [-0.25, -0.2) is 9.97 Å². The van der Waals surface area contributed by atoms with Crippen molar-refractivity contribution in [2.24, 2.45) is 0 Å². The van der Waals surface area contributed by atoms with E-state index in [1.165, 1.54) is 70.6 Å². The summed E-state index contributed by atoms with van der Waals surface area (Å²) in [6.45, 7) is 0. The molecule has 12 aromatic rings. The maximum Gasteiger partial charge on any atom is 0.130 e. The lowest BCUT2D eigenvalue weighted by Gasteiger charge is -2.16. The molecule has 0 aliphatic carbocycles. The summed E-state index contributed by atoms with van der Waals surface area (Å²) < 4.78 is 9.04. The second-order valence-electron chi connectivity index (χ2n) is 17.7. The Balaban J connectivity index is 0.893. The molecular formula is C64H42N2OS2. The second kappa shape index (κ2) is 17.5. The van der Waals surface area contributed by atoms with E-state index in [1.54, 1.807) is 22.7 Å². The fourth-order valence-corrected chi connectivity index (χ4v) is 11.7. The first-order valence-electron chi connectivity index (χ1n) is 23.4. The number of aromatic nitrogens is 2. The average Bonchev–Trinajstić information content (AvgIpc) is 4.05. The van der Waals surface area contributed by atoms with Crippen LogP contribution in [0.4, 0.5) is 0 Å². The van der Waals surface area contributed by atoms with Crippen molar-refractivity contribution in [3.63, 3.8) is 0 Å². The van der Waals surface area contributed by atoms with Gasteiger partial charge in [-0.2, -0.15) is 0 Å². The molecule has 326 valence electrons. The van der Waals surface area contributed by atoms with Gasteiger partial charge in [0.15, 0.2) is 0 Å². The van der Waals surface area contributed by atoms with Gasteiger partial charge < -0.3 is 4.74 Å². The van der Waals surface area contributed by atoms with Crippen molar-refractivity contribution in [2.45, 2.75) is 12.8 Å². The molecule has 13 rings (SSSR count). The molecule has 0 bridgehead atoms. The van der Waals surface area contributed by atoms with Gasteiger partial charge in [0.2, 0.25) is 0 Å². The monoisotopic (exact) mass is 918 g/mol. The van der Waals surface area contributed by atoms with E-state index in [0.717, 1.165) is 73.2 Å². The number of rotatable bonds is 6. The van der Waals surface area contributed by atoms with E-state index in [1.807, 2.05) is 0 Å². The first kappa shape index (κ1) is 41.0. The first-order valence-corrected chi connectivity index (χ1v) is 25.0. The molecule has 69 heavy (non-hydrogen) atoms. The summed E-state index contributed by atoms with van der Waals surface area (Å²) in [5.74, 6) is 1.79. The number of benzene rings is 10. The van der Waals surface area contributed by atoms with Crippen LogP contribution < -0.4 is 4.74 Å². The highest BCUT2D eigenvalue weighted by Gasteiger charge is 2.19. The molecule has 0 saturated heterocycles. The minimum absolute atomic E-state index is 0.738. The predicted octanol–water partition coefficient (Wildman–Crippen LogP) is 17.9. The molecule has 1 aliphatic rings. The number of nitrogens with zero attached hydrogens (tertiary/aromatic N) is 2. The highest BCUT2D eigenvalue weighted by molar-refractivity contribution is 7.22. The van der Waals surface area contributed by atoms with Crippen LogP contribution in [0.1, 0.15) is 22.3 Å². The maximum absolute atomic E-state index is 6.71. The topological polar surface area (TPSA) is 35.0 Å². The largest absolute Gasteiger partial charge is 0.457 e. The second-order valence-corrected chi connectivity index (χ2v) is 19.8. The summed E-state index contributed by atoms with van der Waals surface area (Å²) in [6.07, 6.45) is 1.52. The standard InChI is InChI=1S/C64H42N2OS2/c1-3-13-41(14-4-1)46-28-31-57-61(39-46)68-63(65-57)53-36-51(37-54(38-53)64-66-58-32-29-47(40-62(58)69-64)42-15-5-2-6-16-42)44-25-23-43(24-26-44)45-27-30-56-52(33-45)35-50-19-9-12-22-60(50)67-59-21-11-8-18-49(59)34-48-17-7-10-20-55(48)56/h1-33,36-40H,34-35H2. The van der Waals surface area contributed by atoms with Gasteiger partial charge in [-0.15, -0.1) is 22.7 Å². The molecule has 0 spiro atoms. The smallest absolute Gasteiger partial charge is 0.130 e. The van der Waals surface area contributed by atoms with Crippen molar-refractivity contribution < 1.29 is 4.74 Å². The molecule has 5 heteroatoms. The van der Waals surface area contributed by atoms with E-state index in [2.05, 4.69) is 231 Å². The van der Waals surface area contributed by atoms with E-state index in [4.69, 9.17) is 14.7 Å². The number of fused-ring (bicyclic) bond motifs is 7. The van der Waals surface area contributed by atoms with Crippen molar-refractivity contribution in [2.75, 3.05) is 0 Å². The van der Waals surface area contributed by atoms with Crippen LogP contribution in [0.15, 0.2) is 231 Å². The lowest BCUT2D eigenvalue weighted by Crippen LogP contribution is -1.97. The van der Waals surface area contributed by atoms with Crippen LogP contribution in [-0.2, 0) is 12.8 Å². The van der Waals surface area contributed by atoms with Gasteiger partial charge in [-0.3, -0.25) is 0 Å². The number of thiazole rings is 2. The van der Waals surface area contributed by atoms with Gasteiger partial charge >= 0.3 is 0 Å². The van der Waals surface area contributed by atoms with Crippen molar-refractivity contribution in [3.05, 3.63) is 253 Å². The third kappa shape index (κ3) is 8.02. The normalized spacial score (nSPS) is 12.1. The van der Waals surface area contributed by atoms with Gasteiger partial charge in [0.1, 0.15) is 21.5 Å². The molecule has 10 aromatic carbocycles. The molecule has 0 radical (unpaired) electrons. The minimum Gasteiger partial charge on any atom is -0.457 e. The highest BCUT2D eigenvalue weighted by atomic mass is 32.1. The molecular weight excluding hydrogens is 877 g/mol. The number of ether oxygens (including phenoxy) is 1. The average molecular weight is 919 g/mol. The van der Waals surface area contributed by atoms with Crippen molar-refractivity contribution in [1.29, 1.82) is 0 Å². The van der Waals surface area contributed by atoms with Crippen LogP contribution in [0.25, 0.3) is 97.2 Å². The molecule has 3 nitrogen and oxygen atoms in total. The maximum atomic E-state index is 6.71. The number of hydrogen-bond donors (Lipinski definition) is 0. The van der Waals surface area contributed by atoms with Crippen molar-refractivity contribution in [1.82, 2.24) is 9.97 Å². The van der Waals surface area contributed by atoms with Crippen LogP contribution in [-0.4, -0.2) is 9.97 Å². The molecule has 3 heterocycles. The summed E-state index contributed by atoms with van der Waals surface area (Å²) in [5.41, 5.74) is 20.9. The van der Waals surface area contributed by atoms with Crippen LogP contribution in [0.2, 0.25) is 0 Å². The lowest BCUT2D eigenvalue weighted by molar-refractivity contribution is 0.472. The summed E-state index contributed by atoms with van der Waals surface area (Å²) in [7, 11) is 0. The van der Waals surface area contributed by atoms with Crippen LogP contribution in [0, 0.1) is 0 Å². The third-order valence-electron chi connectivity index (χ3n) is 13.3. The molecule has 0 N–H and O–H groups in total. The first-order chi connectivity index (χ1) is 34.1. The number of hydrogen-bond acceptors (Lipinski definition) is 5. The molecule has 0 atom stereocenters. The molecule has 0 fully saturated rings. The summed E-state index contributed by atoms with van der Waals surface area (Å²) in [4.78, 5) is 10.5. The molecule has 2 aromatic heterocycles. The Morgan fingerprint density at radius 2 is 0.696 bits per heavy atom. The third-order valence-corrected chi connectivity index (χ3v) is 15.4. The zero-order valence-corrected chi connectivity index (χ0v) is 39.1. The zero-order chi connectivity index (χ0) is 45.7. The Kier molecular flexibility index (Phi) is 10.4. The zero-order valence-electron chi connectivity index (χ0n) is 37.5. The van der Waals surface area contributed by atoms with Gasteiger partial charge in [0.05, 0.1) is 20.4 Å². The quantitative estimate of drug-likeness (QED) is 0.167. The van der Waals surface area contributed by atoms with Crippen molar-refractivity contribution >= 4 is 43.1 Å². The van der Waals surface area contributed by atoms with E-state index in [-0.39, 0.29) is 0 Å². The molecule has 1 aliphatic heterocycles. The van der Waals surface area contributed by atoms with Gasteiger partial charge in [-0.05, 0) is 132 Å². The van der Waals surface area contributed by atoms with Crippen molar-refractivity contribution in [3.8, 4) is 88.3 Å². The Hall–Kier alpha value is -8.22. The predicted molar refractivity (Wildman–Crippen MR) is 289 cm³/mol. The molecule has 0 amide bonds. The van der Waals surface area contributed by atoms with E-state index < -0.39 is 0 Å². The lowest BCUT2D eigenvalue weighted by atomic mass is 9.88. The fourth-order valence-electron chi connectivity index (χ4n) is 9.76. The minimum atomic E-state index is 0.738. The molecule has 0 unspecified atom stereocenters. The highest BCUT2D eigenvalue weighted by Crippen LogP contribution is 2.42. The summed E-state index contributed by atoms with van der Waals surface area (Å²) in [5, 5.41) is 1.98. The van der Waals surface area contributed by atoms with E-state index in [9.17, 15) is 0 Å². The Labute approximate surface area is 409 Å². The van der Waals surface area contributed by atoms with Crippen LogP contribution in [0.3, 0.4) is 0 Å². The van der Waals surface area contributed by atoms with Gasteiger partial charge in [-0.1, -0.05) is 176 Å². The number of para-hydroxylation sites is 2. The van der Waals surface area contributed by atoms with Crippen LogP contribution >= 0.6 is 22.7 Å². The van der Waals surface area contributed by atoms with E-state index in [0.29, 0.717) is 0 Å².